The van der Waals surface area contributed by atoms with Crippen LogP contribution in [-0.4, -0.2) is 78.0 Å². The first-order chi connectivity index (χ1) is 23.0. The Morgan fingerprint density at radius 2 is 1.83 bits per heavy atom. The van der Waals surface area contributed by atoms with Crippen LogP contribution in [0.1, 0.15) is 65.4 Å². The monoisotopic (exact) mass is 652 g/mol. The number of rotatable bonds is 6. The zero-order valence-electron chi connectivity index (χ0n) is 27.9. The van der Waals surface area contributed by atoms with Gasteiger partial charge in [-0.1, -0.05) is 13.8 Å². The highest BCUT2D eigenvalue weighted by Gasteiger charge is 2.38. The number of aliphatic hydroxyl groups excluding tert-OH is 1. The van der Waals surface area contributed by atoms with Crippen molar-refractivity contribution in [1.82, 2.24) is 29.2 Å². The van der Waals surface area contributed by atoms with E-state index >= 15 is 0 Å². The van der Waals surface area contributed by atoms with E-state index in [1.54, 1.807) is 42.4 Å². The molecule has 1 saturated heterocycles. The lowest BCUT2D eigenvalue weighted by molar-refractivity contribution is -0.0249. The molecule has 1 fully saturated rings. The first kappa shape index (κ1) is 31.7. The fourth-order valence-corrected chi connectivity index (χ4v) is 7.34. The molecule has 2 atom stereocenters. The van der Waals surface area contributed by atoms with Gasteiger partial charge < -0.3 is 24.6 Å². The van der Waals surface area contributed by atoms with Crippen LogP contribution in [0.2, 0.25) is 0 Å². The molecule has 0 aromatic carbocycles. The first-order valence-electron chi connectivity index (χ1n) is 16.3. The molecule has 250 valence electrons. The molecule has 0 bridgehead atoms. The number of amides is 2. The number of aryl methyl sites for hydroxylation is 1. The van der Waals surface area contributed by atoms with E-state index in [-0.39, 0.29) is 40.6 Å². The highest BCUT2D eigenvalue weighted by atomic mass is 16.5. The van der Waals surface area contributed by atoms with Crippen molar-refractivity contribution < 1.29 is 19.4 Å². The Hall–Kier alpha value is -4.88. The van der Waals surface area contributed by atoms with Crippen molar-refractivity contribution in [2.45, 2.75) is 65.8 Å². The minimum Gasteiger partial charge on any atom is -0.392 e. The van der Waals surface area contributed by atoms with E-state index in [4.69, 9.17) is 4.74 Å². The molecule has 2 N–H and O–H groups in total. The molecule has 0 saturated carbocycles. The second-order valence-electron chi connectivity index (χ2n) is 13.8. The molecule has 2 aliphatic heterocycles. The topological polar surface area (TPSA) is 148 Å². The molecular formula is C35H40N8O5. The normalized spacial score (nSPS) is 20.1. The highest BCUT2D eigenvalue weighted by Crippen LogP contribution is 2.40. The summed E-state index contributed by atoms with van der Waals surface area (Å²) in [5.41, 5.74) is 4.92. The van der Waals surface area contributed by atoms with Gasteiger partial charge in [0.2, 0.25) is 0 Å². The maximum atomic E-state index is 13.8. The van der Waals surface area contributed by atoms with Crippen molar-refractivity contribution in [3.8, 4) is 11.3 Å². The number of aromatic nitrogens is 5. The molecular weight excluding hydrogens is 612 g/mol. The summed E-state index contributed by atoms with van der Waals surface area (Å²) in [6, 6.07) is 8.54. The van der Waals surface area contributed by atoms with Crippen LogP contribution in [0.5, 0.6) is 0 Å². The van der Waals surface area contributed by atoms with E-state index in [1.165, 1.54) is 22.1 Å². The highest BCUT2D eigenvalue weighted by molar-refractivity contribution is 6.06. The molecule has 3 aliphatic rings. The van der Waals surface area contributed by atoms with E-state index < -0.39 is 6.61 Å². The fraction of sp³-hybridized carbons (Fsp3) is 0.429. The molecule has 2 amide bonds. The third-order valence-corrected chi connectivity index (χ3v) is 9.59. The quantitative estimate of drug-likeness (QED) is 0.320. The van der Waals surface area contributed by atoms with Crippen molar-refractivity contribution in [2.75, 3.05) is 30.0 Å². The van der Waals surface area contributed by atoms with Crippen LogP contribution in [0.25, 0.3) is 11.3 Å². The van der Waals surface area contributed by atoms with Gasteiger partial charge in [0.25, 0.3) is 17.4 Å². The predicted octanol–water partition coefficient (Wildman–Crippen LogP) is 3.31. The Morgan fingerprint density at radius 1 is 1.06 bits per heavy atom. The van der Waals surface area contributed by atoms with Gasteiger partial charge in [0.05, 0.1) is 43.2 Å². The summed E-state index contributed by atoms with van der Waals surface area (Å²) in [6.45, 7) is 10.0. The van der Waals surface area contributed by atoms with E-state index in [0.29, 0.717) is 66.0 Å². The number of pyridine rings is 2. The van der Waals surface area contributed by atoms with Gasteiger partial charge in [-0.05, 0) is 68.0 Å². The maximum Gasteiger partial charge on any atom is 0.290 e. The third-order valence-electron chi connectivity index (χ3n) is 9.59. The van der Waals surface area contributed by atoms with Gasteiger partial charge in [0, 0.05) is 49.4 Å². The molecule has 4 aromatic rings. The number of aliphatic hydroxyl groups is 1. The van der Waals surface area contributed by atoms with Crippen LogP contribution in [0.4, 0.5) is 17.3 Å². The van der Waals surface area contributed by atoms with Crippen molar-refractivity contribution in [2.24, 2.45) is 12.5 Å². The van der Waals surface area contributed by atoms with Crippen molar-refractivity contribution >= 4 is 29.1 Å². The number of ether oxygens (including phenoxy) is 1. The summed E-state index contributed by atoms with van der Waals surface area (Å²) < 4.78 is 8.90. The summed E-state index contributed by atoms with van der Waals surface area (Å²) in [6.07, 6.45) is 4.95. The second kappa shape index (κ2) is 12.0. The molecule has 13 nitrogen and oxygen atoms in total. The SMILES string of the molecule is C[C@H]1COC[C@H](C)N1C(=O)c1ccc(Nc2cc(-c3ccnc(N4CCn5c(cc6c5CC(C)(C)C6)C4=O)c3CO)nn(C)c2=O)nc1. The molecule has 0 spiro atoms. The smallest absolute Gasteiger partial charge is 0.290 e. The zero-order chi connectivity index (χ0) is 33.9. The Morgan fingerprint density at radius 3 is 2.54 bits per heavy atom. The van der Waals surface area contributed by atoms with Gasteiger partial charge in [-0.15, -0.1) is 0 Å². The van der Waals surface area contributed by atoms with Crippen LogP contribution in [-0.2, 0) is 37.8 Å². The Balaban J connectivity index is 1.16. The average Bonchev–Trinajstić information content (AvgIpc) is 3.55. The second-order valence-corrected chi connectivity index (χ2v) is 13.8. The molecule has 6 heterocycles. The van der Waals surface area contributed by atoms with Crippen LogP contribution in [0.3, 0.4) is 0 Å². The van der Waals surface area contributed by atoms with Crippen LogP contribution in [0.15, 0.2) is 47.5 Å². The molecule has 1 aliphatic carbocycles. The first-order valence-corrected chi connectivity index (χ1v) is 16.3. The van der Waals surface area contributed by atoms with Gasteiger partial charge in [0.1, 0.15) is 23.0 Å². The van der Waals surface area contributed by atoms with Crippen LogP contribution in [0, 0.1) is 5.41 Å². The standard InChI is InChI=1S/C35H40N8O5/c1-20-18-48-19-21(2)43(20)32(45)22-6-7-30(37-16-22)38-27-13-26(39-40(5)33(27)46)24-8-9-36-31(25(24)17-44)42-11-10-41-28(34(42)47)12-23-14-35(3,4)15-29(23)41/h6-9,12-13,16,20-21,44H,10-11,14-15,17-19H2,1-5H3,(H,37,38)/t20-,21-/m0/s1. The van der Waals surface area contributed by atoms with Gasteiger partial charge in [-0.3, -0.25) is 19.3 Å². The number of morpholine rings is 1. The minimum atomic E-state index is -0.390. The molecule has 0 radical (unpaired) electrons. The largest absolute Gasteiger partial charge is 0.392 e. The predicted molar refractivity (Wildman–Crippen MR) is 179 cm³/mol. The third kappa shape index (κ3) is 5.46. The molecule has 4 aromatic heterocycles. The lowest BCUT2D eigenvalue weighted by Crippen LogP contribution is -2.52. The Bertz CT molecular complexity index is 1970. The number of fused-ring (bicyclic) bond motifs is 3. The van der Waals surface area contributed by atoms with Crippen LogP contribution < -0.4 is 15.8 Å². The van der Waals surface area contributed by atoms with Crippen molar-refractivity contribution in [1.29, 1.82) is 0 Å². The minimum absolute atomic E-state index is 0.0531. The molecule has 13 heteroatoms. The van der Waals surface area contributed by atoms with E-state index in [9.17, 15) is 19.5 Å². The van der Waals surface area contributed by atoms with Gasteiger partial charge in [-0.25, -0.2) is 14.6 Å². The van der Waals surface area contributed by atoms with E-state index in [2.05, 4.69) is 38.8 Å². The lowest BCUT2D eigenvalue weighted by Gasteiger charge is -2.38. The molecule has 0 unspecified atom stereocenters. The maximum absolute atomic E-state index is 13.8. The average molecular weight is 653 g/mol. The van der Waals surface area contributed by atoms with Gasteiger partial charge >= 0.3 is 0 Å². The van der Waals surface area contributed by atoms with E-state index in [1.807, 2.05) is 24.8 Å². The Labute approximate surface area is 278 Å². The lowest BCUT2D eigenvalue weighted by atomic mass is 9.90. The van der Waals surface area contributed by atoms with Crippen molar-refractivity contribution in [3.05, 3.63) is 81.2 Å². The number of carbonyl (C=O) groups is 2. The zero-order valence-corrected chi connectivity index (χ0v) is 27.9. The van der Waals surface area contributed by atoms with Crippen molar-refractivity contribution in [3.63, 3.8) is 0 Å². The summed E-state index contributed by atoms with van der Waals surface area (Å²) in [5, 5.41) is 18.2. The number of hydrogen-bond acceptors (Lipinski definition) is 9. The Kier molecular flexibility index (Phi) is 7.91. The van der Waals surface area contributed by atoms with E-state index in [0.717, 1.165) is 12.8 Å². The number of nitrogens with zero attached hydrogens (tertiary/aromatic N) is 7. The summed E-state index contributed by atoms with van der Waals surface area (Å²) in [5.74, 6) is 0.454. The fourth-order valence-electron chi connectivity index (χ4n) is 7.34. The molecule has 7 rings (SSSR count). The molecule has 48 heavy (non-hydrogen) atoms. The number of hydrogen-bond donors (Lipinski definition) is 2. The summed E-state index contributed by atoms with van der Waals surface area (Å²) >= 11 is 0. The number of anilines is 3. The van der Waals surface area contributed by atoms with Gasteiger partial charge in [0.15, 0.2) is 0 Å². The number of nitrogens with one attached hydrogen (secondary N) is 1. The van der Waals surface area contributed by atoms with Gasteiger partial charge in [-0.2, -0.15) is 5.10 Å². The summed E-state index contributed by atoms with van der Waals surface area (Å²) in [4.78, 5) is 52.6. The van der Waals surface area contributed by atoms with Crippen LogP contribution >= 0.6 is 0 Å². The summed E-state index contributed by atoms with van der Waals surface area (Å²) in [7, 11) is 1.54. The number of carbonyl (C=O) groups excluding carboxylic acids is 2.